The molecular formula is C26H28N2O3S2. The highest BCUT2D eigenvalue weighted by molar-refractivity contribution is 8.00. The van der Waals surface area contributed by atoms with Crippen LogP contribution >= 0.6 is 23.1 Å². The number of carbonyl (C=O) groups excluding carboxylic acids is 1. The quantitative estimate of drug-likeness (QED) is 0.432. The predicted molar refractivity (Wildman–Crippen MR) is 133 cm³/mol. The van der Waals surface area contributed by atoms with Crippen LogP contribution in [0, 0.1) is 17.3 Å². The van der Waals surface area contributed by atoms with Crippen molar-refractivity contribution >= 4 is 44.9 Å². The highest BCUT2D eigenvalue weighted by Crippen LogP contribution is 2.61. The van der Waals surface area contributed by atoms with E-state index in [1.165, 1.54) is 6.42 Å². The summed E-state index contributed by atoms with van der Waals surface area (Å²) >= 11 is 3.35. The Bertz CT molecular complexity index is 1210. The lowest BCUT2D eigenvalue weighted by Crippen LogP contribution is -2.59. The van der Waals surface area contributed by atoms with E-state index < -0.39 is 11.0 Å². The van der Waals surface area contributed by atoms with Gasteiger partial charge in [0.05, 0.1) is 28.3 Å². The molecule has 0 radical (unpaired) electrons. The minimum Gasteiger partial charge on any atom is -0.496 e. The molecule has 2 aromatic carbocycles. The van der Waals surface area contributed by atoms with E-state index in [9.17, 15) is 9.90 Å². The number of rotatable bonds is 6. The molecule has 2 unspecified atom stereocenters. The number of methoxy groups -OCH3 is 1. The summed E-state index contributed by atoms with van der Waals surface area (Å²) in [4.78, 5) is 18.2. The lowest BCUT2D eigenvalue weighted by atomic mass is 9.47. The number of nitrogens with one attached hydrogen (secondary N) is 1. The Balaban J connectivity index is 1.17. The minimum atomic E-state index is -0.628. The van der Waals surface area contributed by atoms with E-state index in [-0.39, 0.29) is 5.91 Å². The van der Waals surface area contributed by atoms with E-state index in [4.69, 9.17) is 9.72 Å². The van der Waals surface area contributed by atoms with Crippen LogP contribution in [0.1, 0.15) is 44.1 Å². The maximum atomic E-state index is 13.4. The SMILES string of the molecule is COc1ccccc1CSc1nc2ccc(NC(=O)C34CC5CC(CC(O)(C5)C3)C4)cc2s1. The zero-order valence-electron chi connectivity index (χ0n) is 18.7. The summed E-state index contributed by atoms with van der Waals surface area (Å²) in [7, 11) is 1.70. The number of benzene rings is 2. The molecule has 0 spiro atoms. The van der Waals surface area contributed by atoms with Gasteiger partial charge in [-0.15, -0.1) is 11.3 Å². The van der Waals surface area contributed by atoms with Crippen LogP contribution in [-0.2, 0) is 10.5 Å². The van der Waals surface area contributed by atoms with Crippen molar-refractivity contribution < 1.29 is 14.6 Å². The van der Waals surface area contributed by atoms with Gasteiger partial charge >= 0.3 is 0 Å². The van der Waals surface area contributed by atoms with Gasteiger partial charge in [0.1, 0.15) is 5.75 Å². The molecule has 1 heterocycles. The van der Waals surface area contributed by atoms with Crippen molar-refractivity contribution in [2.45, 2.75) is 54.2 Å². The van der Waals surface area contributed by atoms with E-state index in [1.807, 2.05) is 36.4 Å². The molecule has 4 fully saturated rings. The Morgan fingerprint density at radius 3 is 2.76 bits per heavy atom. The molecule has 0 saturated heterocycles. The third-order valence-corrected chi connectivity index (χ3v) is 9.89. The maximum Gasteiger partial charge on any atom is 0.230 e. The molecule has 4 saturated carbocycles. The number of ether oxygens (including phenoxy) is 1. The fourth-order valence-corrected chi connectivity index (χ4v) is 8.85. The Morgan fingerprint density at radius 2 is 2.00 bits per heavy atom. The molecule has 172 valence electrons. The summed E-state index contributed by atoms with van der Waals surface area (Å²) in [5.41, 5.74) is 1.88. The number of fused-ring (bicyclic) bond motifs is 1. The van der Waals surface area contributed by atoms with Crippen LogP contribution in [0.4, 0.5) is 5.69 Å². The van der Waals surface area contributed by atoms with Gasteiger partial charge in [0.15, 0.2) is 4.34 Å². The second kappa shape index (κ2) is 8.00. The van der Waals surface area contributed by atoms with Crippen molar-refractivity contribution in [3.8, 4) is 5.75 Å². The molecule has 4 aliphatic carbocycles. The molecule has 2 N–H and O–H groups in total. The van der Waals surface area contributed by atoms with Gasteiger partial charge in [-0.05, 0) is 74.6 Å². The van der Waals surface area contributed by atoms with Crippen molar-refractivity contribution in [1.82, 2.24) is 4.98 Å². The number of aromatic nitrogens is 1. The molecule has 1 amide bonds. The Kier molecular flexibility index (Phi) is 5.20. The lowest BCUT2D eigenvalue weighted by Gasteiger charge is -2.59. The van der Waals surface area contributed by atoms with E-state index in [1.54, 1.807) is 30.2 Å². The highest BCUT2D eigenvalue weighted by Gasteiger charge is 2.60. The smallest absolute Gasteiger partial charge is 0.230 e. The normalized spacial score (nSPS) is 30.0. The first-order chi connectivity index (χ1) is 15.9. The minimum absolute atomic E-state index is 0.0876. The van der Waals surface area contributed by atoms with E-state index in [0.29, 0.717) is 18.3 Å². The molecule has 33 heavy (non-hydrogen) atoms. The Morgan fingerprint density at radius 1 is 1.21 bits per heavy atom. The standard InChI is InChI=1S/C26H28N2O3S2/c1-31-21-5-3-2-4-18(21)14-32-24-28-20-7-6-19(9-22(20)33-24)27-23(29)25-10-16-8-17(11-25)13-26(30,12-16)15-25/h2-7,9,16-17,30H,8,10-15H2,1H3,(H,27,29). The molecule has 7 rings (SSSR count). The molecule has 2 atom stereocenters. The Hall–Kier alpha value is -2.09. The highest BCUT2D eigenvalue weighted by atomic mass is 32.2. The van der Waals surface area contributed by atoms with Crippen LogP contribution in [-0.4, -0.2) is 28.7 Å². The second-order valence-corrected chi connectivity index (χ2v) is 12.4. The van der Waals surface area contributed by atoms with Gasteiger partial charge in [-0.3, -0.25) is 4.79 Å². The van der Waals surface area contributed by atoms with Gasteiger partial charge in [-0.2, -0.15) is 0 Å². The van der Waals surface area contributed by atoms with Gasteiger partial charge < -0.3 is 15.2 Å². The molecule has 4 aliphatic rings. The fraction of sp³-hybridized carbons (Fsp3) is 0.462. The van der Waals surface area contributed by atoms with Crippen LogP contribution in [0.25, 0.3) is 10.2 Å². The van der Waals surface area contributed by atoms with Crippen LogP contribution in [0.5, 0.6) is 5.75 Å². The molecule has 7 heteroatoms. The first kappa shape index (κ1) is 21.4. The number of anilines is 1. The van der Waals surface area contributed by atoms with Crippen molar-refractivity contribution in [2.75, 3.05) is 12.4 Å². The number of hydrogen-bond donors (Lipinski definition) is 2. The van der Waals surface area contributed by atoms with Crippen molar-refractivity contribution in [3.05, 3.63) is 48.0 Å². The van der Waals surface area contributed by atoms with E-state index in [2.05, 4.69) is 11.4 Å². The average molecular weight is 481 g/mol. The van der Waals surface area contributed by atoms with Crippen LogP contribution in [0.3, 0.4) is 0 Å². The van der Waals surface area contributed by atoms with Crippen molar-refractivity contribution in [3.63, 3.8) is 0 Å². The second-order valence-electron chi connectivity index (χ2n) is 10.2. The number of thioether (sulfide) groups is 1. The third kappa shape index (κ3) is 3.94. The fourth-order valence-electron chi connectivity index (χ4n) is 6.75. The van der Waals surface area contributed by atoms with Gasteiger partial charge in [0.25, 0.3) is 0 Å². The van der Waals surface area contributed by atoms with Gasteiger partial charge in [-0.1, -0.05) is 30.0 Å². The summed E-state index contributed by atoms with van der Waals surface area (Å²) in [6.45, 7) is 0. The molecule has 5 nitrogen and oxygen atoms in total. The monoisotopic (exact) mass is 480 g/mol. The van der Waals surface area contributed by atoms with E-state index in [0.717, 1.165) is 63.0 Å². The summed E-state index contributed by atoms with van der Waals surface area (Å²) in [5, 5.41) is 14.2. The van der Waals surface area contributed by atoms with E-state index >= 15 is 0 Å². The average Bonchev–Trinajstić information content (AvgIpc) is 3.18. The maximum absolute atomic E-state index is 13.4. The zero-order chi connectivity index (χ0) is 22.6. The predicted octanol–water partition coefficient (Wildman–Crippen LogP) is 5.87. The first-order valence-corrected chi connectivity index (χ1v) is 13.4. The summed E-state index contributed by atoms with van der Waals surface area (Å²) in [5.74, 6) is 2.76. The number of thiazole rings is 1. The van der Waals surface area contributed by atoms with Gasteiger partial charge in [0.2, 0.25) is 5.91 Å². The van der Waals surface area contributed by atoms with Gasteiger partial charge in [-0.25, -0.2) is 4.98 Å². The van der Waals surface area contributed by atoms with Gasteiger partial charge in [0, 0.05) is 17.0 Å². The number of para-hydroxylation sites is 1. The van der Waals surface area contributed by atoms with Crippen LogP contribution in [0.2, 0.25) is 0 Å². The summed E-state index contributed by atoms with van der Waals surface area (Å²) in [6, 6.07) is 14.0. The molecule has 1 aromatic heterocycles. The third-order valence-electron chi connectivity index (χ3n) is 7.68. The van der Waals surface area contributed by atoms with Crippen molar-refractivity contribution in [1.29, 1.82) is 0 Å². The molecule has 3 aromatic rings. The lowest BCUT2D eigenvalue weighted by molar-refractivity contribution is -0.174. The number of carbonyl (C=O) groups is 1. The number of aliphatic hydroxyl groups is 1. The van der Waals surface area contributed by atoms with Crippen LogP contribution in [0.15, 0.2) is 46.8 Å². The van der Waals surface area contributed by atoms with Crippen LogP contribution < -0.4 is 10.1 Å². The summed E-state index contributed by atoms with van der Waals surface area (Å²) < 4.78 is 7.52. The topological polar surface area (TPSA) is 71.5 Å². The number of hydrogen-bond acceptors (Lipinski definition) is 6. The summed E-state index contributed by atoms with van der Waals surface area (Å²) in [6.07, 6.45) is 5.39. The molecular weight excluding hydrogens is 452 g/mol. The number of amides is 1. The molecule has 0 aliphatic heterocycles. The van der Waals surface area contributed by atoms with Crippen molar-refractivity contribution in [2.24, 2.45) is 17.3 Å². The first-order valence-electron chi connectivity index (χ1n) is 11.6. The largest absolute Gasteiger partial charge is 0.496 e. The number of nitrogens with zero attached hydrogens (tertiary/aromatic N) is 1. The Labute approximate surface area is 201 Å². The zero-order valence-corrected chi connectivity index (χ0v) is 20.3. The molecule has 4 bridgehead atoms.